The highest BCUT2D eigenvalue weighted by Gasteiger charge is 2.26. The van der Waals surface area contributed by atoms with Crippen molar-refractivity contribution < 1.29 is 4.74 Å². The van der Waals surface area contributed by atoms with Crippen LogP contribution in [0.15, 0.2) is 35.3 Å². The first-order valence-electron chi connectivity index (χ1n) is 10.1. The largest absolute Gasteiger partial charge is 0.375 e. The van der Waals surface area contributed by atoms with Crippen molar-refractivity contribution in [3.63, 3.8) is 0 Å². The first kappa shape index (κ1) is 22.4. The lowest BCUT2D eigenvalue weighted by molar-refractivity contribution is 0.125. The molecule has 2 heterocycles. The Bertz CT molecular complexity index is 548. The third-order valence-electron chi connectivity index (χ3n) is 5.40. The highest BCUT2D eigenvalue weighted by molar-refractivity contribution is 14.0. The molecule has 2 aliphatic heterocycles. The van der Waals surface area contributed by atoms with Crippen LogP contribution in [0.1, 0.15) is 31.2 Å². The highest BCUT2D eigenvalue weighted by atomic mass is 127. The van der Waals surface area contributed by atoms with Crippen LogP contribution >= 0.6 is 24.0 Å². The molecule has 27 heavy (non-hydrogen) atoms. The van der Waals surface area contributed by atoms with Gasteiger partial charge in [-0.25, -0.2) is 0 Å². The van der Waals surface area contributed by atoms with E-state index in [0.717, 1.165) is 31.5 Å². The summed E-state index contributed by atoms with van der Waals surface area (Å²) in [6.45, 7) is 8.25. The van der Waals surface area contributed by atoms with E-state index in [9.17, 15) is 0 Å². The van der Waals surface area contributed by atoms with Gasteiger partial charge >= 0.3 is 0 Å². The molecule has 1 atom stereocenters. The third-order valence-corrected chi connectivity index (χ3v) is 5.40. The number of benzene rings is 1. The van der Waals surface area contributed by atoms with Gasteiger partial charge in [-0.05, 0) is 43.8 Å². The SMILES string of the molecule is CN=C(NCCOCc1ccccc1)N1CCC(CN2CCCCC2)C1.I. The monoisotopic (exact) mass is 486 g/mol. The van der Waals surface area contributed by atoms with Crippen LogP contribution in [0, 0.1) is 5.92 Å². The molecule has 0 bridgehead atoms. The summed E-state index contributed by atoms with van der Waals surface area (Å²) in [6, 6.07) is 10.3. The minimum absolute atomic E-state index is 0. The number of hydrogen-bond acceptors (Lipinski definition) is 3. The Hall–Kier alpha value is -0.860. The van der Waals surface area contributed by atoms with E-state index in [0.29, 0.717) is 13.2 Å². The molecule has 2 saturated heterocycles. The molecular weight excluding hydrogens is 451 g/mol. The second-order valence-corrected chi connectivity index (χ2v) is 7.47. The molecule has 2 fully saturated rings. The highest BCUT2D eigenvalue weighted by Crippen LogP contribution is 2.19. The summed E-state index contributed by atoms with van der Waals surface area (Å²) >= 11 is 0. The molecule has 1 N–H and O–H groups in total. The van der Waals surface area contributed by atoms with Gasteiger partial charge in [-0.2, -0.15) is 0 Å². The minimum Gasteiger partial charge on any atom is -0.375 e. The Morgan fingerprint density at radius 3 is 2.67 bits per heavy atom. The van der Waals surface area contributed by atoms with Gasteiger partial charge in [0.15, 0.2) is 5.96 Å². The molecular formula is C21H35IN4O. The van der Waals surface area contributed by atoms with Crippen LogP contribution in [-0.2, 0) is 11.3 Å². The van der Waals surface area contributed by atoms with Crippen molar-refractivity contribution in [3.05, 3.63) is 35.9 Å². The summed E-state index contributed by atoms with van der Waals surface area (Å²) in [5.41, 5.74) is 1.22. The quantitative estimate of drug-likeness (QED) is 0.278. The summed E-state index contributed by atoms with van der Waals surface area (Å²) in [5, 5.41) is 3.46. The van der Waals surface area contributed by atoms with Gasteiger partial charge in [-0.1, -0.05) is 36.8 Å². The molecule has 0 amide bonds. The molecule has 0 radical (unpaired) electrons. The second kappa shape index (κ2) is 12.6. The predicted molar refractivity (Wildman–Crippen MR) is 123 cm³/mol. The molecule has 5 nitrogen and oxygen atoms in total. The first-order chi connectivity index (χ1) is 12.8. The molecule has 1 aromatic carbocycles. The minimum atomic E-state index is 0. The van der Waals surface area contributed by atoms with Crippen LogP contribution in [0.3, 0.4) is 0 Å². The molecule has 3 rings (SSSR count). The van der Waals surface area contributed by atoms with Crippen LogP contribution < -0.4 is 5.32 Å². The molecule has 1 unspecified atom stereocenters. The first-order valence-corrected chi connectivity index (χ1v) is 10.1. The summed E-state index contributed by atoms with van der Waals surface area (Å²) in [5.74, 6) is 1.80. The van der Waals surface area contributed by atoms with Gasteiger partial charge in [0, 0.05) is 33.2 Å². The fourth-order valence-electron chi connectivity index (χ4n) is 4.01. The van der Waals surface area contributed by atoms with Gasteiger partial charge in [-0.15, -0.1) is 24.0 Å². The maximum absolute atomic E-state index is 5.76. The molecule has 6 heteroatoms. The number of nitrogens with one attached hydrogen (secondary N) is 1. The Balaban J connectivity index is 0.00000261. The number of aliphatic imine (C=N–C) groups is 1. The van der Waals surface area contributed by atoms with E-state index in [1.54, 1.807) is 0 Å². The average molecular weight is 486 g/mol. The van der Waals surface area contributed by atoms with Crippen LogP contribution in [0.4, 0.5) is 0 Å². The van der Waals surface area contributed by atoms with Crippen LogP contribution in [0.25, 0.3) is 0 Å². The van der Waals surface area contributed by atoms with E-state index < -0.39 is 0 Å². The molecule has 0 aliphatic carbocycles. The Morgan fingerprint density at radius 1 is 1.15 bits per heavy atom. The maximum Gasteiger partial charge on any atom is 0.193 e. The van der Waals surface area contributed by atoms with Crippen molar-refractivity contribution in [3.8, 4) is 0 Å². The lowest BCUT2D eigenvalue weighted by atomic mass is 10.1. The van der Waals surface area contributed by atoms with Crippen molar-refractivity contribution in [2.24, 2.45) is 10.9 Å². The van der Waals surface area contributed by atoms with Crippen LogP contribution in [0.5, 0.6) is 0 Å². The fraction of sp³-hybridized carbons (Fsp3) is 0.667. The molecule has 152 valence electrons. The summed E-state index contributed by atoms with van der Waals surface area (Å²) < 4.78 is 5.76. The number of likely N-dealkylation sites (tertiary alicyclic amines) is 2. The molecule has 0 aromatic heterocycles. The van der Waals surface area contributed by atoms with Gasteiger partial charge in [0.1, 0.15) is 0 Å². The van der Waals surface area contributed by atoms with Gasteiger partial charge in [-0.3, -0.25) is 4.99 Å². The number of halogens is 1. The lowest BCUT2D eigenvalue weighted by Gasteiger charge is -2.29. The Kier molecular flexibility index (Phi) is 10.4. The summed E-state index contributed by atoms with van der Waals surface area (Å²) in [6.07, 6.45) is 5.45. The van der Waals surface area contributed by atoms with Gasteiger partial charge < -0.3 is 19.9 Å². The average Bonchev–Trinajstić information content (AvgIpc) is 3.14. The van der Waals surface area contributed by atoms with Crippen molar-refractivity contribution >= 4 is 29.9 Å². The molecule has 0 spiro atoms. The fourth-order valence-corrected chi connectivity index (χ4v) is 4.01. The maximum atomic E-state index is 5.76. The third kappa shape index (κ3) is 7.58. The second-order valence-electron chi connectivity index (χ2n) is 7.47. The van der Waals surface area contributed by atoms with Crippen molar-refractivity contribution in [2.45, 2.75) is 32.3 Å². The van der Waals surface area contributed by atoms with E-state index in [1.807, 2.05) is 25.2 Å². The van der Waals surface area contributed by atoms with E-state index in [1.165, 1.54) is 50.9 Å². The standard InChI is InChI=1S/C21H34N4O.HI/c1-22-21(23-11-15-26-18-19-8-4-2-5-9-19)25-14-10-20(17-25)16-24-12-6-3-7-13-24;/h2,4-5,8-9,20H,3,6-7,10-18H2,1H3,(H,22,23);1H. The number of guanidine groups is 1. The van der Waals surface area contributed by atoms with E-state index in [4.69, 9.17) is 4.74 Å². The van der Waals surface area contributed by atoms with Crippen LogP contribution in [-0.4, -0.2) is 68.7 Å². The van der Waals surface area contributed by atoms with Gasteiger partial charge in [0.25, 0.3) is 0 Å². The number of hydrogen-bond donors (Lipinski definition) is 1. The molecule has 0 saturated carbocycles. The number of ether oxygens (including phenoxy) is 1. The van der Waals surface area contributed by atoms with Crippen molar-refractivity contribution in [2.75, 3.05) is 52.9 Å². The predicted octanol–water partition coefficient (Wildman–Crippen LogP) is 3.20. The smallest absolute Gasteiger partial charge is 0.193 e. The van der Waals surface area contributed by atoms with E-state index in [-0.39, 0.29) is 24.0 Å². The molecule has 1 aromatic rings. The Morgan fingerprint density at radius 2 is 1.93 bits per heavy atom. The van der Waals surface area contributed by atoms with Crippen molar-refractivity contribution in [1.29, 1.82) is 0 Å². The number of nitrogens with zero attached hydrogens (tertiary/aromatic N) is 3. The normalized spacial score (nSPS) is 21.1. The lowest BCUT2D eigenvalue weighted by Crippen LogP contribution is -2.42. The van der Waals surface area contributed by atoms with E-state index in [2.05, 4.69) is 32.2 Å². The Labute approximate surface area is 181 Å². The van der Waals surface area contributed by atoms with Gasteiger partial charge in [0.05, 0.1) is 13.2 Å². The van der Waals surface area contributed by atoms with Crippen molar-refractivity contribution in [1.82, 2.24) is 15.1 Å². The van der Waals surface area contributed by atoms with Crippen LogP contribution in [0.2, 0.25) is 0 Å². The number of rotatable bonds is 7. The van der Waals surface area contributed by atoms with Gasteiger partial charge in [0.2, 0.25) is 0 Å². The van der Waals surface area contributed by atoms with E-state index >= 15 is 0 Å². The summed E-state index contributed by atoms with van der Waals surface area (Å²) in [4.78, 5) is 9.54. The zero-order valence-corrected chi connectivity index (χ0v) is 18.9. The summed E-state index contributed by atoms with van der Waals surface area (Å²) in [7, 11) is 1.88. The zero-order chi connectivity index (χ0) is 18.0. The number of piperidine rings is 1. The zero-order valence-electron chi connectivity index (χ0n) is 16.6. The topological polar surface area (TPSA) is 40.1 Å². The molecule has 2 aliphatic rings.